The van der Waals surface area contributed by atoms with E-state index in [4.69, 9.17) is 4.42 Å². The number of thiophene rings is 1. The average molecular weight is 319 g/mol. The van der Waals surface area contributed by atoms with E-state index >= 15 is 0 Å². The molecule has 0 saturated heterocycles. The maximum absolute atomic E-state index is 12.5. The third-order valence-electron chi connectivity index (χ3n) is 3.83. The second-order valence-corrected chi connectivity index (χ2v) is 6.18. The second kappa shape index (κ2) is 5.48. The van der Waals surface area contributed by atoms with Crippen LogP contribution in [0.15, 0.2) is 69.2 Å². The third-order valence-corrected chi connectivity index (χ3v) is 4.70. The minimum atomic E-state index is -0.339. The molecule has 0 unspecified atom stereocenters. The Hall–Kier alpha value is -2.72. The smallest absolute Gasteiger partial charge is 0.348 e. The Balaban J connectivity index is 1.95. The fourth-order valence-corrected chi connectivity index (χ4v) is 3.57. The Labute approximate surface area is 136 Å². The number of fused-ring (bicyclic) bond motifs is 1. The molecule has 0 N–H and O–H groups in total. The van der Waals surface area contributed by atoms with Crippen molar-refractivity contribution in [1.29, 1.82) is 0 Å². The molecular weight excluding hydrogens is 306 g/mol. The first-order valence-electron chi connectivity index (χ1n) is 7.28. The molecule has 4 heteroatoms. The standard InChI is InChI=1S/C19H13NO2S/c1-12-7-5-6-10-14(12)17-20-18-16(19(21)22-17)15(11-23-18)13-8-3-2-4-9-13/h2-11H,1H3. The molecule has 2 aromatic carbocycles. The van der Waals surface area contributed by atoms with Gasteiger partial charge in [0, 0.05) is 16.5 Å². The summed E-state index contributed by atoms with van der Waals surface area (Å²) in [5, 5.41) is 2.52. The summed E-state index contributed by atoms with van der Waals surface area (Å²) in [4.78, 5) is 17.8. The fraction of sp³-hybridized carbons (Fsp3) is 0.0526. The topological polar surface area (TPSA) is 43.1 Å². The lowest BCUT2D eigenvalue weighted by molar-refractivity contribution is 0.519. The molecule has 0 fully saturated rings. The monoisotopic (exact) mass is 319 g/mol. The van der Waals surface area contributed by atoms with Gasteiger partial charge in [-0.2, -0.15) is 0 Å². The summed E-state index contributed by atoms with van der Waals surface area (Å²) >= 11 is 1.47. The van der Waals surface area contributed by atoms with Crippen molar-refractivity contribution in [3.05, 3.63) is 76.0 Å². The van der Waals surface area contributed by atoms with Gasteiger partial charge in [0.25, 0.3) is 0 Å². The van der Waals surface area contributed by atoms with Crippen LogP contribution in [0.4, 0.5) is 0 Å². The van der Waals surface area contributed by atoms with Gasteiger partial charge in [0.1, 0.15) is 10.2 Å². The van der Waals surface area contributed by atoms with Gasteiger partial charge in [0.2, 0.25) is 5.89 Å². The fourth-order valence-electron chi connectivity index (χ4n) is 2.64. The van der Waals surface area contributed by atoms with Gasteiger partial charge in [-0.1, -0.05) is 48.5 Å². The average Bonchev–Trinajstić information content (AvgIpc) is 3.00. The summed E-state index contributed by atoms with van der Waals surface area (Å²) in [6, 6.07) is 17.6. The van der Waals surface area contributed by atoms with E-state index in [0.717, 1.165) is 22.3 Å². The molecule has 23 heavy (non-hydrogen) atoms. The van der Waals surface area contributed by atoms with E-state index in [0.29, 0.717) is 16.1 Å². The molecule has 0 aliphatic rings. The molecule has 2 heterocycles. The van der Waals surface area contributed by atoms with Gasteiger partial charge >= 0.3 is 5.63 Å². The zero-order valence-corrected chi connectivity index (χ0v) is 13.3. The zero-order chi connectivity index (χ0) is 15.8. The van der Waals surface area contributed by atoms with Crippen LogP contribution in [-0.4, -0.2) is 4.98 Å². The van der Waals surface area contributed by atoms with Gasteiger partial charge in [-0.05, 0) is 24.1 Å². The lowest BCUT2D eigenvalue weighted by Gasteiger charge is -2.03. The lowest BCUT2D eigenvalue weighted by atomic mass is 10.1. The van der Waals surface area contributed by atoms with Gasteiger partial charge in [-0.25, -0.2) is 9.78 Å². The van der Waals surface area contributed by atoms with Gasteiger partial charge in [0.05, 0.1) is 0 Å². The van der Waals surface area contributed by atoms with Crippen molar-refractivity contribution in [2.75, 3.05) is 0 Å². The lowest BCUT2D eigenvalue weighted by Crippen LogP contribution is -2.02. The molecule has 0 amide bonds. The van der Waals surface area contributed by atoms with Gasteiger partial charge in [-0.3, -0.25) is 0 Å². The first-order chi connectivity index (χ1) is 11.2. The molecule has 0 aliphatic heterocycles. The summed E-state index contributed by atoms with van der Waals surface area (Å²) in [6.07, 6.45) is 0. The highest BCUT2D eigenvalue weighted by molar-refractivity contribution is 7.17. The first kappa shape index (κ1) is 13.9. The number of aryl methyl sites for hydroxylation is 1. The van der Waals surface area contributed by atoms with Crippen molar-refractivity contribution in [1.82, 2.24) is 4.98 Å². The molecule has 4 rings (SSSR count). The summed E-state index contributed by atoms with van der Waals surface area (Å²) in [5.41, 5.74) is 3.41. The number of hydrogen-bond donors (Lipinski definition) is 0. The molecule has 0 saturated carbocycles. The molecule has 4 aromatic rings. The number of aromatic nitrogens is 1. The molecule has 3 nitrogen and oxygen atoms in total. The number of nitrogens with zero attached hydrogens (tertiary/aromatic N) is 1. The van der Waals surface area contributed by atoms with Crippen LogP contribution in [0.5, 0.6) is 0 Å². The van der Waals surface area contributed by atoms with Crippen molar-refractivity contribution in [3.63, 3.8) is 0 Å². The maximum atomic E-state index is 12.5. The Bertz CT molecular complexity index is 1050. The van der Waals surface area contributed by atoms with E-state index in [-0.39, 0.29) is 5.63 Å². The normalized spacial score (nSPS) is 11.0. The Morgan fingerprint density at radius 3 is 2.48 bits per heavy atom. The molecule has 0 bridgehead atoms. The van der Waals surface area contributed by atoms with Crippen LogP contribution in [0.3, 0.4) is 0 Å². The van der Waals surface area contributed by atoms with Crippen LogP contribution in [0.25, 0.3) is 32.8 Å². The van der Waals surface area contributed by atoms with Crippen molar-refractivity contribution >= 4 is 21.6 Å². The molecule has 0 radical (unpaired) electrons. The van der Waals surface area contributed by atoms with Crippen LogP contribution >= 0.6 is 11.3 Å². The van der Waals surface area contributed by atoms with Crippen molar-refractivity contribution in [2.24, 2.45) is 0 Å². The number of hydrogen-bond acceptors (Lipinski definition) is 4. The predicted octanol–water partition coefficient (Wildman–Crippen LogP) is 4.89. The van der Waals surface area contributed by atoms with E-state index in [1.165, 1.54) is 11.3 Å². The van der Waals surface area contributed by atoms with E-state index in [1.807, 2.05) is 66.9 Å². The van der Waals surface area contributed by atoms with Crippen molar-refractivity contribution in [2.45, 2.75) is 6.92 Å². The third kappa shape index (κ3) is 2.37. The zero-order valence-electron chi connectivity index (χ0n) is 12.4. The summed E-state index contributed by atoms with van der Waals surface area (Å²) in [6.45, 7) is 1.98. The number of rotatable bonds is 2. The minimum Gasteiger partial charge on any atom is -0.403 e. The van der Waals surface area contributed by atoms with Crippen LogP contribution in [-0.2, 0) is 0 Å². The van der Waals surface area contributed by atoms with E-state index < -0.39 is 0 Å². The van der Waals surface area contributed by atoms with Gasteiger partial charge < -0.3 is 4.42 Å². The van der Waals surface area contributed by atoms with Crippen LogP contribution in [0.1, 0.15) is 5.56 Å². The molecule has 112 valence electrons. The molecule has 0 aliphatic carbocycles. The second-order valence-electron chi connectivity index (χ2n) is 5.32. The van der Waals surface area contributed by atoms with Crippen molar-refractivity contribution in [3.8, 4) is 22.6 Å². The van der Waals surface area contributed by atoms with Crippen LogP contribution in [0, 0.1) is 6.92 Å². The maximum Gasteiger partial charge on any atom is 0.348 e. The van der Waals surface area contributed by atoms with E-state index in [2.05, 4.69) is 4.98 Å². The molecular formula is C19H13NO2S. The SMILES string of the molecule is Cc1ccccc1-c1nc2scc(-c3ccccc3)c2c(=O)o1. The summed E-state index contributed by atoms with van der Waals surface area (Å²) < 4.78 is 5.52. The van der Waals surface area contributed by atoms with Gasteiger partial charge in [-0.15, -0.1) is 11.3 Å². The predicted molar refractivity (Wildman–Crippen MR) is 93.8 cm³/mol. The first-order valence-corrected chi connectivity index (χ1v) is 8.16. The van der Waals surface area contributed by atoms with Crippen molar-refractivity contribution < 1.29 is 4.42 Å². The largest absolute Gasteiger partial charge is 0.403 e. The summed E-state index contributed by atoms with van der Waals surface area (Å²) in [5.74, 6) is 0.377. The van der Waals surface area contributed by atoms with Crippen LogP contribution in [0.2, 0.25) is 0 Å². The highest BCUT2D eigenvalue weighted by Gasteiger charge is 2.16. The minimum absolute atomic E-state index is 0.339. The highest BCUT2D eigenvalue weighted by Crippen LogP contribution is 2.32. The van der Waals surface area contributed by atoms with Gasteiger partial charge in [0.15, 0.2) is 0 Å². The Morgan fingerprint density at radius 2 is 1.70 bits per heavy atom. The Kier molecular flexibility index (Phi) is 3.32. The quantitative estimate of drug-likeness (QED) is 0.528. The van der Waals surface area contributed by atoms with Crippen LogP contribution < -0.4 is 5.63 Å². The Morgan fingerprint density at radius 1 is 0.957 bits per heavy atom. The van der Waals surface area contributed by atoms with E-state index in [1.54, 1.807) is 0 Å². The molecule has 0 spiro atoms. The molecule has 0 atom stereocenters. The van der Waals surface area contributed by atoms with E-state index in [9.17, 15) is 4.79 Å². The number of benzene rings is 2. The highest BCUT2D eigenvalue weighted by atomic mass is 32.1. The molecule has 2 aromatic heterocycles. The summed E-state index contributed by atoms with van der Waals surface area (Å²) in [7, 11) is 0.